The largest absolute Gasteiger partial charge is 0.486 e. The molecule has 1 aromatic heterocycles. The van der Waals surface area contributed by atoms with E-state index in [0.717, 1.165) is 11.1 Å². The quantitative estimate of drug-likeness (QED) is 0.359. The Morgan fingerprint density at radius 3 is 2.48 bits per heavy atom. The summed E-state index contributed by atoms with van der Waals surface area (Å²) < 4.78 is 21.6. The van der Waals surface area contributed by atoms with E-state index in [9.17, 15) is 9.18 Å². The molecule has 0 spiro atoms. The van der Waals surface area contributed by atoms with E-state index in [1.54, 1.807) is 24.3 Å². The molecular weight excluding hydrogens is 438 g/mol. The van der Waals surface area contributed by atoms with Crippen LogP contribution in [0.2, 0.25) is 10.0 Å². The topological polar surface area (TPSA) is 44.1 Å². The molecule has 4 aromatic rings. The number of ether oxygens (including phenoxy) is 1. The van der Waals surface area contributed by atoms with Crippen LogP contribution in [0.5, 0.6) is 5.75 Å². The number of hydrogen-bond donors (Lipinski definition) is 0. The summed E-state index contributed by atoms with van der Waals surface area (Å²) in [6.07, 6.45) is 2.86. The normalized spacial score (nSPS) is 10.8. The maximum Gasteiger partial charge on any atom is 0.261 e. The number of aromatic nitrogens is 2. The van der Waals surface area contributed by atoms with E-state index >= 15 is 0 Å². The SMILES string of the molecule is O=c1c(-c2ccc(OCc3ccccc3)c(F)c2)cncn1Cc1ccc(Cl)c(Cl)c1. The van der Waals surface area contributed by atoms with E-state index in [1.807, 2.05) is 30.3 Å². The second kappa shape index (κ2) is 9.33. The van der Waals surface area contributed by atoms with Crippen LogP contribution in [0.1, 0.15) is 11.1 Å². The molecule has 3 aromatic carbocycles. The lowest BCUT2D eigenvalue weighted by molar-refractivity contribution is 0.290. The smallest absolute Gasteiger partial charge is 0.261 e. The van der Waals surface area contributed by atoms with Crippen LogP contribution in [0, 0.1) is 5.82 Å². The number of rotatable bonds is 6. The van der Waals surface area contributed by atoms with E-state index in [1.165, 1.54) is 29.2 Å². The monoisotopic (exact) mass is 454 g/mol. The lowest BCUT2D eigenvalue weighted by Gasteiger charge is -2.11. The molecule has 7 heteroatoms. The molecule has 0 bridgehead atoms. The zero-order chi connectivity index (χ0) is 21.8. The van der Waals surface area contributed by atoms with Crippen LogP contribution in [-0.2, 0) is 13.2 Å². The molecule has 0 fully saturated rings. The summed E-state index contributed by atoms with van der Waals surface area (Å²) in [7, 11) is 0. The van der Waals surface area contributed by atoms with Gasteiger partial charge in [0.25, 0.3) is 5.56 Å². The molecule has 0 aliphatic carbocycles. The molecule has 4 nitrogen and oxygen atoms in total. The van der Waals surface area contributed by atoms with Crippen molar-refractivity contribution in [2.45, 2.75) is 13.2 Å². The molecule has 1 heterocycles. The van der Waals surface area contributed by atoms with Crippen LogP contribution in [0.3, 0.4) is 0 Å². The lowest BCUT2D eigenvalue weighted by Crippen LogP contribution is -2.22. The van der Waals surface area contributed by atoms with Gasteiger partial charge in [0.15, 0.2) is 11.6 Å². The van der Waals surface area contributed by atoms with Crippen molar-refractivity contribution in [3.63, 3.8) is 0 Å². The van der Waals surface area contributed by atoms with Gasteiger partial charge in [-0.3, -0.25) is 9.36 Å². The zero-order valence-corrected chi connectivity index (χ0v) is 17.8. The molecule has 156 valence electrons. The highest BCUT2D eigenvalue weighted by molar-refractivity contribution is 6.42. The third-order valence-corrected chi connectivity index (χ3v) is 5.46. The fourth-order valence-electron chi connectivity index (χ4n) is 3.12. The van der Waals surface area contributed by atoms with Crippen LogP contribution in [-0.4, -0.2) is 9.55 Å². The number of halogens is 3. The molecule has 4 rings (SSSR count). The van der Waals surface area contributed by atoms with Crippen molar-refractivity contribution in [1.29, 1.82) is 0 Å². The molecule has 0 aliphatic heterocycles. The van der Waals surface area contributed by atoms with Gasteiger partial charge in [-0.1, -0.05) is 65.7 Å². The molecule has 0 N–H and O–H groups in total. The fraction of sp³-hybridized carbons (Fsp3) is 0.0833. The molecule has 0 atom stereocenters. The second-order valence-electron chi connectivity index (χ2n) is 6.91. The number of benzene rings is 3. The van der Waals surface area contributed by atoms with E-state index in [-0.39, 0.29) is 30.0 Å². The molecule has 0 saturated carbocycles. The first kappa shape index (κ1) is 21.1. The van der Waals surface area contributed by atoms with Gasteiger partial charge in [0.1, 0.15) is 6.61 Å². The first-order valence-corrected chi connectivity index (χ1v) is 10.2. The summed E-state index contributed by atoms with van der Waals surface area (Å²) in [5.74, 6) is -0.430. The Morgan fingerprint density at radius 1 is 0.935 bits per heavy atom. The molecule has 31 heavy (non-hydrogen) atoms. The summed E-state index contributed by atoms with van der Waals surface area (Å²) in [4.78, 5) is 17.1. The molecule has 0 saturated heterocycles. The standard InChI is InChI=1S/C24H17Cl2FN2O2/c25-20-8-6-17(10-21(20)26)13-29-15-28-12-19(24(29)30)18-7-9-23(22(27)11-18)31-14-16-4-2-1-3-5-16/h1-12,15H,13-14H2. The van der Waals surface area contributed by atoms with Crippen molar-refractivity contribution >= 4 is 23.2 Å². The van der Waals surface area contributed by atoms with Gasteiger partial charge in [-0.2, -0.15) is 0 Å². The Hall–Kier alpha value is -3.15. The first-order chi connectivity index (χ1) is 15.0. The van der Waals surface area contributed by atoms with Crippen LogP contribution in [0.15, 0.2) is 84.0 Å². The molecular formula is C24H17Cl2FN2O2. The summed E-state index contributed by atoms with van der Waals surface area (Å²) in [5, 5.41) is 0.846. The van der Waals surface area contributed by atoms with Gasteiger partial charge in [-0.25, -0.2) is 9.37 Å². The number of nitrogens with zero attached hydrogens (tertiary/aromatic N) is 2. The Kier molecular flexibility index (Phi) is 6.35. The zero-order valence-electron chi connectivity index (χ0n) is 16.3. The third kappa shape index (κ3) is 4.95. The maximum absolute atomic E-state index is 14.6. The van der Waals surface area contributed by atoms with E-state index in [4.69, 9.17) is 27.9 Å². The van der Waals surface area contributed by atoms with Gasteiger partial charge < -0.3 is 4.74 Å². The van der Waals surface area contributed by atoms with Crippen molar-refractivity contribution in [2.24, 2.45) is 0 Å². The summed E-state index contributed by atoms with van der Waals surface area (Å²) >= 11 is 12.0. The maximum atomic E-state index is 14.6. The van der Waals surface area contributed by atoms with E-state index in [2.05, 4.69) is 4.98 Å². The summed E-state index contributed by atoms with van der Waals surface area (Å²) in [6, 6.07) is 19.1. The lowest BCUT2D eigenvalue weighted by atomic mass is 10.1. The van der Waals surface area contributed by atoms with Crippen LogP contribution >= 0.6 is 23.2 Å². The molecule has 0 aliphatic rings. The first-order valence-electron chi connectivity index (χ1n) is 9.46. The minimum Gasteiger partial charge on any atom is -0.486 e. The fourth-order valence-corrected chi connectivity index (χ4v) is 3.44. The molecule has 0 radical (unpaired) electrons. The van der Waals surface area contributed by atoms with Crippen LogP contribution < -0.4 is 10.3 Å². The van der Waals surface area contributed by atoms with Crippen molar-refractivity contribution < 1.29 is 9.13 Å². The van der Waals surface area contributed by atoms with Crippen molar-refractivity contribution in [1.82, 2.24) is 9.55 Å². The molecule has 0 unspecified atom stereocenters. The van der Waals surface area contributed by atoms with Crippen molar-refractivity contribution in [3.05, 3.63) is 117 Å². The predicted molar refractivity (Wildman–Crippen MR) is 120 cm³/mol. The highest BCUT2D eigenvalue weighted by Crippen LogP contribution is 2.25. The minimum absolute atomic E-state index is 0.118. The average Bonchev–Trinajstić information content (AvgIpc) is 2.77. The summed E-state index contributed by atoms with van der Waals surface area (Å²) in [6.45, 7) is 0.512. The number of hydrogen-bond acceptors (Lipinski definition) is 3. The van der Waals surface area contributed by atoms with Crippen LogP contribution in [0.25, 0.3) is 11.1 Å². The Morgan fingerprint density at radius 2 is 1.74 bits per heavy atom. The Bertz CT molecular complexity index is 1280. The van der Waals surface area contributed by atoms with Gasteiger partial charge in [-0.15, -0.1) is 0 Å². The predicted octanol–water partition coefficient (Wildman–Crippen LogP) is 5.98. The van der Waals surface area contributed by atoms with Crippen molar-refractivity contribution in [2.75, 3.05) is 0 Å². The van der Waals surface area contributed by atoms with Crippen molar-refractivity contribution in [3.8, 4) is 16.9 Å². The Balaban J connectivity index is 1.56. The van der Waals surface area contributed by atoms with E-state index in [0.29, 0.717) is 15.6 Å². The minimum atomic E-state index is -0.548. The van der Waals surface area contributed by atoms with E-state index < -0.39 is 5.82 Å². The van der Waals surface area contributed by atoms with Gasteiger partial charge in [-0.05, 0) is 41.0 Å². The highest BCUT2D eigenvalue weighted by Gasteiger charge is 2.12. The third-order valence-electron chi connectivity index (χ3n) is 4.72. The van der Waals surface area contributed by atoms with Gasteiger partial charge in [0.05, 0.1) is 28.5 Å². The summed E-state index contributed by atoms with van der Waals surface area (Å²) in [5.41, 5.74) is 2.15. The van der Waals surface area contributed by atoms with Crippen LogP contribution in [0.4, 0.5) is 4.39 Å². The average molecular weight is 455 g/mol. The van der Waals surface area contributed by atoms with Gasteiger partial charge >= 0.3 is 0 Å². The van der Waals surface area contributed by atoms with Gasteiger partial charge in [0, 0.05) is 6.20 Å². The Labute approximate surface area is 188 Å². The van der Waals surface area contributed by atoms with Gasteiger partial charge in [0.2, 0.25) is 0 Å². The molecule has 0 amide bonds. The second-order valence-corrected chi connectivity index (χ2v) is 7.72. The highest BCUT2D eigenvalue weighted by atomic mass is 35.5.